The summed E-state index contributed by atoms with van der Waals surface area (Å²) in [6.07, 6.45) is 2.81. The van der Waals surface area contributed by atoms with Crippen LogP contribution in [0, 0.1) is 5.82 Å². The average Bonchev–Trinajstić information content (AvgIpc) is 3.07. The predicted molar refractivity (Wildman–Crippen MR) is 96.6 cm³/mol. The van der Waals surface area contributed by atoms with Crippen LogP contribution in [0.25, 0.3) is 5.69 Å². The smallest absolute Gasteiger partial charge is 0.232 e. The highest BCUT2D eigenvalue weighted by Gasteiger charge is 2.24. The lowest BCUT2D eigenvalue weighted by molar-refractivity contribution is 0.240. The summed E-state index contributed by atoms with van der Waals surface area (Å²) in [4.78, 5) is 3.99. The molecule has 1 heterocycles. The third kappa shape index (κ3) is 3.94. The maximum Gasteiger partial charge on any atom is 0.232 e. The molecule has 0 saturated carbocycles. The monoisotopic (exact) mass is 374 g/mol. The molecular weight excluding hydrogens is 355 g/mol. The van der Waals surface area contributed by atoms with E-state index in [1.807, 2.05) is 13.8 Å². The van der Waals surface area contributed by atoms with Crippen molar-refractivity contribution in [3.8, 4) is 11.4 Å². The molecule has 136 valence electrons. The van der Waals surface area contributed by atoms with Gasteiger partial charge in [-0.05, 0) is 38.1 Å². The van der Waals surface area contributed by atoms with Gasteiger partial charge in [-0.2, -0.15) is 0 Å². The number of rotatable bonds is 6. The number of sulfone groups is 1. The van der Waals surface area contributed by atoms with E-state index in [1.54, 1.807) is 30.3 Å². The van der Waals surface area contributed by atoms with Crippen LogP contribution in [0.5, 0.6) is 5.75 Å². The van der Waals surface area contributed by atoms with Crippen molar-refractivity contribution in [2.75, 3.05) is 0 Å². The Morgan fingerprint density at radius 2 is 1.92 bits per heavy atom. The Hall–Kier alpha value is -2.67. The first kappa shape index (κ1) is 18.1. The van der Waals surface area contributed by atoms with Crippen LogP contribution >= 0.6 is 0 Å². The molecule has 1 aromatic heterocycles. The van der Waals surface area contributed by atoms with Crippen LogP contribution in [0.2, 0.25) is 0 Å². The third-order valence-corrected chi connectivity index (χ3v) is 5.20. The highest BCUT2D eigenvalue weighted by atomic mass is 32.2. The van der Waals surface area contributed by atoms with Gasteiger partial charge in [0.25, 0.3) is 0 Å². The van der Waals surface area contributed by atoms with E-state index in [1.165, 1.54) is 35.2 Å². The number of aromatic nitrogens is 2. The molecule has 0 radical (unpaired) electrons. The lowest BCUT2D eigenvalue weighted by Crippen LogP contribution is -2.14. The summed E-state index contributed by atoms with van der Waals surface area (Å²) < 4.78 is 46.5. The molecule has 3 aromatic rings. The van der Waals surface area contributed by atoms with Crippen LogP contribution < -0.4 is 4.74 Å². The molecule has 26 heavy (non-hydrogen) atoms. The van der Waals surface area contributed by atoms with Gasteiger partial charge in [0.2, 0.25) is 15.0 Å². The minimum atomic E-state index is -3.77. The van der Waals surface area contributed by atoms with Crippen molar-refractivity contribution in [2.24, 2.45) is 0 Å². The molecule has 2 aromatic carbocycles. The molecule has 0 aliphatic heterocycles. The molecule has 0 unspecified atom stereocenters. The van der Waals surface area contributed by atoms with Gasteiger partial charge < -0.3 is 4.74 Å². The highest BCUT2D eigenvalue weighted by molar-refractivity contribution is 7.90. The lowest BCUT2D eigenvalue weighted by atomic mass is 10.2. The summed E-state index contributed by atoms with van der Waals surface area (Å²) in [5.74, 6) is -0.187. The zero-order valence-corrected chi connectivity index (χ0v) is 15.3. The Morgan fingerprint density at radius 3 is 2.65 bits per heavy atom. The Kier molecular flexibility index (Phi) is 5.08. The Bertz CT molecular complexity index is 1010. The molecule has 0 atom stereocenters. The first-order chi connectivity index (χ1) is 12.4. The highest BCUT2D eigenvalue weighted by Crippen LogP contribution is 2.25. The molecule has 0 fully saturated rings. The van der Waals surface area contributed by atoms with E-state index < -0.39 is 15.7 Å². The molecule has 5 nitrogen and oxygen atoms in total. The van der Waals surface area contributed by atoms with Gasteiger partial charge in [0, 0.05) is 18.0 Å². The number of halogens is 1. The maximum atomic E-state index is 13.5. The number of hydrogen-bond donors (Lipinski definition) is 0. The first-order valence-corrected chi connectivity index (χ1v) is 9.78. The fourth-order valence-corrected chi connectivity index (χ4v) is 4.07. The van der Waals surface area contributed by atoms with E-state index in [0.29, 0.717) is 17.0 Å². The second kappa shape index (κ2) is 7.29. The molecule has 0 aliphatic carbocycles. The topological polar surface area (TPSA) is 61.2 Å². The number of ether oxygens (including phenoxy) is 1. The van der Waals surface area contributed by atoms with Crippen LogP contribution in [-0.4, -0.2) is 24.1 Å². The SMILES string of the molecule is CC(C)Oc1ccccc1CS(=O)(=O)c1nccn1-c1cccc(F)c1. The van der Waals surface area contributed by atoms with Crippen molar-refractivity contribution < 1.29 is 17.5 Å². The fourth-order valence-electron chi connectivity index (χ4n) is 2.60. The number of imidazole rings is 1. The van der Waals surface area contributed by atoms with E-state index in [2.05, 4.69) is 4.98 Å². The summed E-state index contributed by atoms with van der Waals surface area (Å²) in [5.41, 5.74) is 0.947. The molecule has 0 bridgehead atoms. The van der Waals surface area contributed by atoms with E-state index in [-0.39, 0.29) is 17.0 Å². The quantitative estimate of drug-likeness (QED) is 0.659. The lowest BCUT2D eigenvalue weighted by Gasteiger charge is -2.14. The molecule has 0 saturated heterocycles. The van der Waals surface area contributed by atoms with Gasteiger partial charge in [0.1, 0.15) is 11.6 Å². The third-order valence-electron chi connectivity index (χ3n) is 3.65. The first-order valence-electron chi connectivity index (χ1n) is 8.13. The number of nitrogens with zero attached hydrogens (tertiary/aromatic N) is 2. The normalized spacial score (nSPS) is 11.7. The van der Waals surface area contributed by atoms with Gasteiger partial charge in [-0.1, -0.05) is 24.3 Å². The van der Waals surface area contributed by atoms with Crippen LogP contribution in [0.1, 0.15) is 19.4 Å². The van der Waals surface area contributed by atoms with Crippen molar-refractivity contribution in [3.63, 3.8) is 0 Å². The summed E-state index contributed by atoms with van der Waals surface area (Å²) in [5, 5.41) is -0.137. The van der Waals surface area contributed by atoms with E-state index in [0.717, 1.165) is 0 Å². The molecule has 0 amide bonds. The molecule has 0 aliphatic rings. The van der Waals surface area contributed by atoms with E-state index >= 15 is 0 Å². The summed E-state index contributed by atoms with van der Waals surface area (Å²) >= 11 is 0. The van der Waals surface area contributed by atoms with Crippen molar-refractivity contribution in [3.05, 3.63) is 72.3 Å². The van der Waals surface area contributed by atoms with Gasteiger partial charge in [-0.15, -0.1) is 0 Å². The minimum Gasteiger partial charge on any atom is -0.491 e. The molecule has 3 rings (SSSR count). The standard InChI is InChI=1S/C19H19FN2O3S/c1-14(2)25-18-9-4-3-6-15(18)13-26(23,24)19-21-10-11-22(19)17-8-5-7-16(20)12-17/h3-12,14H,13H2,1-2H3. The largest absolute Gasteiger partial charge is 0.491 e. The summed E-state index contributed by atoms with van der Waals surface area (Å²) in [6.45, 7) is 3.75. The second-order valence-electron chi connectivity index (χ2n) is 6.09. The van der Waals surface area contributed by atoms with Gasteiger partial charge in [0.05, 0.1) is 17.5 Å². The predicted octanol–water partition coefficient (Wildman–Crippen LogP) is 3.77. The van der Waals surface area contributed by atoms with E-state index in [4.69, 9.17) is 4.74 Å². The van der Waals surface area contributed by atoms with Crippen LogP contribution in [0.4, 0.5) is 4.39 Å². The summed E-state index contributed by atoms with van der Waals surface area (Å²) in [7, 11) is -3.77. The second-order valence-corrected chi connectivity index (χ2v) is 7.98. The van der Waals surface area contributed by atoms with Gasteiger partial charge >= 0.3 is 0 Å². The number of benzene rings is 2. The van der Waals surface area contributed by atoms with Crippen molar-refractivity contribution >= 4 is 9.84 Å². The van der Waals surface area contributed by atoms with Gasteiger partial charge in [-0.3, -0.25) is 4.57 Å². The molecule has 7 heteroatoms. The Morgan fingerprint density at radius 1 is 1.15 bits per heavy atom. The van der Waals surface area contributed by atoms with Crippen LogP contribution in [0.15, 0.2) is 66.1 Å². The molecule has 0 spiro atoms. The number of para-hydroxylation sites is 1. The van der Waals surface area contributed by atoms with Gasteiger partial charge in [-0.25, -0.2) is 17.8 Å². The maximum absolute atomic E-state index is 13.5. The average molecular weight is 374 g/mol. The molecular formula is C19H19FN2O3S. The molecule has 0 N–H and O–H groups in total. The number of hydrogen-bond acceptors (Lipinski definition) is 4. The summed E-state index contributed by atoms with van der Waals surface area (Å²) in [6, 6.07) is 12.7. The Labute approximate surface area is 152 Å². The fraction of sp³-hybridized carbons (Fsp3) is 0.211. The van der Waals surface area contributed by atoms with Crippen molar-refractivity contribution in [1.29, 1.82) is 0 Å². The van der Waals surface area contributed by atoms with Crippen molar-refractivity contribution in [1.82, 2.24) is 9.55 Å². The zero-order chi connectivity index (χ0) is 18.7. The Balaban J connectivity index is 1.98. The zero-order valence-electron chi connectivity index (χ0n) is 14.5. The van der Waals surface area contributed by atoms with Crippen LogP contribution in [0.3, 0.4) is 0 Å². The van der Waals surface area contributed by atoms with Crippen molar-refractivity contribution in [2.45, 2.75) is 30.9 Å². The van der Waals surface area contributed by atoms with E-state index in [9.17, 15) is 12.8 Å². The van der Waals surface area contributed by atoms with Crippen LogP contribution in [-0.2, 0) is 15.6 Å². The van der Waals surface area contributed by atoms with Gasteiger partial charge in [0.15, 0.2) is 0 Å². The minimum absolute atomic E-state index is 0.0758.